The lowest BCUT2D eigenvalue weighted by molar-refractivity contribution is -0.150. The molecule has 2 rings (SSSR count). The topological polar surface area (TPSA) is 65.5 Å². The molecule has 6 heteroatoms. The molecule has 114 valence electrons. The van der Waals surface area contributed by atoms with E-state index in [9.17, 15) is 9.59 Å². The highest BCUT2D eigenvalue weighted by Crippen LogP contribution is 2.13. The molecular formula is C15H22N4O2. The second kappa shape index (κ2) is 7.06. The average Bonchev–Trinajstić information content (AvgIpc) is 2.45. The van der Waals surface area contributed by atoms with Gasteiger partial charge in [0.25, 0.3) is 0 Å². The number of carbonyl (C=O) groups excluding carboxylic acids is 2. The third-order valence-electron chi connectivity index (χ3n) is 3.41. The first kappa shape index (κ1) is 15.3. The Kier molecular flexibility index (Phi) is 5.14. The van der Waals surface area contributed by atoms with Crippen molar-refractivity contribution in [1.29, 1.82) is 0 Å². The molecular weight excluding hydrogens is 268 g/mol. The molecule has 1 N–H and O–H groups in total. The summed E-state index contributed by atoms with van der Waals surface area (Å²) in [5.74, 6) is 0.820. The fourth-order valence-corrected chi connectivity index (χ4v) is 2.39. The van der Waals surface area contributed by atoms with Gasteiger partial charge in [-0.25, -0.2) is 4.98 Å². The molecule has 0 unspecified atom stereocenters. The predicted molar refractivity (Wildman–Crippen MR) is 80.7 cm³/mol. The van der Waals surface area contributed by atoms with Crippen LogP contribution in [0.1, 0.15) is 25.8 Å². The number of nitrogens with zero attached hydrogens (tertiary/aromatic N) is 3. The van der Waals surface area contributed by atoms with Crippen LogP contribution >= 0.6 is 0 Å². The lowest BCUT2D eigenvalue weighted by atomic mass is 10.2. The van der Waals surface area contributed by atoms with Gasteiger partial charge in [-0.2, -0.15) is 0 Å². The zero-order chi connectivity index (χ0) is 15.2. The van der Waals surface area contributed by atoms with Crippen LogP contribution in [0.25, 0.3) is 0 Å². The molecule has 0 aromatic carbocycles. The number of rotatable bonds is 6. The summed E-state index contributed by atoms with van der Waals surface area (Å²) in [6.07, 6.45) is 2.59. The summed E-state index contributed by atoms with van der Waals surface area (Å²) in [5.41, 5.74) is 0.978. The summed E-state index contributed by atoms with van der Waals surface area (Å²) in [4.78, 5) is 31.6. The van der Waals surface area contributed by atoms with E-state index in [0.29, 0.717) is 13.1 Å². The van der Waals surface area contributed by atoms with Crippen LogP contribution in [0.5, 0.6) is 0 Å². The van der Waals surface area contributed by atoms with Crippen LogP contribution in [-0.2, 0) is 16.1 Å². The van der Waals surface area contributed by atoms with Crippen LogP contribution in [0, 0.1) is 0 Å². The third-order valence-corrected chi connectivity index (χ3v) is 3.41. The Morgan fingerprint density at radius 2 is 1.90 bits per heavy atom. The summed E-state index contributed by atoms with van der Waals surface area (Å²) in [6.45, 7) is 6.26. The standard InChI is InChI=1S/C15H22N4O2/c1-3-7-18-10-15(21)19(11-14(18)20)9-12-5-6-17-13(8-12)16-4-2/h5-6,8H,3-4,7,9-11H2,1-2H3,(H,16,17). The Balaban J connectivity index is 2.01. The van der Waals surface area contributed by atoms with Crippen molar-refractivity contribution in [2.75, 3.05) is 31.5 Å². The number of aromatic nitrogens is 1. The van der Waals surface area contributed by atoms with Crippen molar-refractivity contribution in [3.63, 3.8) is 0 Å². The molecule has 0 atom stereocenters. The largest absolute Gasteiger partial charge is 0.370 e. The lowest BCUT2D eigenvalue weighted by Gasteiger charge is -2.33. The van der Waals surface area contributed by atoms with E-state index in [1.165, 1.54) is 0 Å². The van der Waals surface area contributed by atoms with Crippen LogP contribution < -0.4 is 5.32 Å². The first-order valence-electron chi connectivity index (χ1n) is 7.38. The molecule has 21 heavy (non-hydrogen) atoms. The molecule has 2 heterocycles. The van der Waals surface area contributed by atoms with Gasteiger partial charge in [-0.05, 0) is 31.0 Å². The minimum atomic E-state index is 0.00450. The number of piperazine rings is 1. The average molecular weight is 290 g/mol. The Hall–Kier alpha value is -2.11. The summed E-state index contributed by atoms with van der Waals surface area (Å²) >= 11 is 0. The summed E-state index contributed by atoms with van der Waals surface area (Å²) < 4.78 is 0. The Morgan fingerprint density at radius 1 is 1.19 bits per heavy atom. The van der Waals surface area contributed by atoms with Crippen molar-refractivity contribution < 1.29 is 9.59 Å². The highest BCUT2D eigenvalue weighted by Gasteiger charge is 2.29. The smallest absolute Gasteiger partial charge is 0.242 e. The molecule has 1 aromatic heterocycles. The van der Waals surface area contributed by atoms with E-state index < -0.39 is 0 Å². The van der Waals surface area contributed by atoms with Gasteiger partial charge in [0.05, 0.1) is 6.54 Å². The van der Waals surface area contributed by atoms with Gasteiger partial charge in [-0.3, -0.25) is 9.59 Å². The number of hydrogen-bond donors (Lipinski definition) is 1. The van der Waals surface area contributed by atoms with Crippen molar-refractivity contribution in [2.24, 2.45) is 0 Å². The second-order valence-corrected chi connectivity index (χ2v) is 5.14. The highest BCUT2D eigenvalue weighted by atomic mass is 16.2. The van der Waals surface area contributed by atoms with E-state index in [-0.39, 0.29) is 24.9 Å². The molecule has 0 saturated carbocycles. The lowest BCUT2D eigenvalue weighted by Crippen LogP contribution is -2.53. The van der Waals surface area contributed by atoms with Crippen molar-refractivity contribution in [3.8, 4) is 0 Å². The molecule has 1 fully saturated rings. The number of pyridine rings is 1. The minimum Gasteiger partial charge on any atom is -0.370 e. The number of anilines is 1. The van der Waals surface area contributed by atoms with Crippen LogP contribution in [0.3, 0.4) is 0 Å². The van der Waals surface area contributed by atoms with E-state index >= 15 is 0 Å². The molecule has 1 aliphatic heterocycles. The van der Waals surface area contributed by atoms with Crippen LogP contribution in [0.2, 0.25) is 0 Å². The van der Waals surface area contributed by atoms with Gasteiger partial charge < -0.3 is 15.1 Å². The monoisotopic (exact) mass is 290 g/mol. The molecule has 2 amide bonds. The summed E-state index contributed by atoms with van der Waals surface area (Å²) in [5, 5.41) is 3.14. The molecule has 0 spiro atoms. The van der Waals surface area contributed by atoms with Crippen molar-refractivity contribution in [3.05, 3.63) is 23.9 Å². The van der Waals surface area contributed by atoms with Gasteiger partial charge in [0.2, 0.25) is 11.8 Å². The first-order chi connectivity index (χ1) is 10.1. The zero-order valence-electron chi connectivity index (χ0n) is 12.6. The fraction of sp³-hybridized carbons (Fsp3) is 0.533. The van der Waals surface area contributed by atoms with Crippen LogP contribution in [-0.4, -0.2) is 52.8 Å². The highest BCUT2D eigenvalue weighted by molar-refractivity contribution is 5.92. The van der Waals surface area contributed by atoms with Crippen LogP contribution in [0.15, 0.2) is 18.3 Å². The van der Waals surface area contributed by atoms with Gasteiger partial charge >= 0.3 is 0 Å². The minimum absolute atomic E-state index is 0.00450. The van der Waals surface area contributed by atoms with Crippen molar-refractivity contribution in [1.82, 2.24) is 14.8 Å². The number of hydrogen-bond acceptors (Lipinski definition) is 4. The van der Waals surface area contributed by atoms with Crippen molar-refractivity contribution in [2.45, 2.75) is 26.8 Å². The number of amides is 2. The van der Waals surface area contributed by atoms with Crippen molar-refractivity contribution >= 4 is 17.6 Å². The van der Waals surface area contributed by atoms with Gasteiger partial charge in [0.1, 0.15) is 12.4 Å². The summed E-state index contributed by atoms with van der Waals surface area (Å²) in [7, 11) is 0. The van der Waals surface area contributed by atoms with Crippen LogP contribution in [0.4, 0.5) is 5.82 Å². The van der Waals surface area contributed by atoms with Gasteiger partial charge in [0.15, 0.2) is 0 Å². The van der Waals surface area contributed by atoms with E-state index in [4.69, 9.17) is 0 Å². The number of carbonyl (C=O) groups is 2. The van der Waals surface area contributed by atoms with Gasteiger partial charge in [0, 0.05) is 25.8 Å². The number of nitrogens with one attached hydrogen (secondary N) is 1. The molecule has 1 aromatic rings. The normalized spacial score (nSPS) is 15.5. The molecule has 6 nitrogen and oxygen atoms in total. The molecule has 1 saturated heterocycles. The summed E-state index contributed by atoms with van der Waals surface area (Å²) in [6, 6.07) is 3.79. The fourth-order valence-electron chi connectivity index (χ4n) is 2.39. The van der Waals surface area contributed by atoms with E-state index in [2.05, 4.69) is 10.3 Å². The SMILES string of the molecule is CCCN1CC(=O)N(Cc2ccnc(NCC)c2)CC1=O. The first-order valence-corrected chi connectivity index (χ1v) is 7.38. The second-order valence-electron chi connectivity index (χ2n) is 5.14. The van der Waals surface area contributed by atoms with E-state index in [1.54, 1.807) is 16.0 Å². The zero-order valence-corrected chi connectivity index (χ0v) is 12.6. The predicted octanol–water partition coefficient (Wildman–Crippen LogP) is 1.09. The Morgan fingerprint density at radius 3 is 2.62 bits per heavy atom. The van der Waals surface area contributed by atoms with Gasteiger partial charge in [-0.15, -0.1) is 0 Å². The molecule has 0 radical (unpaired) electrons. The maximum absolute atomic E-state index is 12.1. The third kappa shape index (κ3) is 3.93. The van der Waals surface area contributed by atoms with E-state index in [1.807, 2.05) is 26.0 Å². The Bertz CT molecular complexity index is 518. The Labute approximate surface area is 125 Å². The molecule has 1 aliphatic rings. The quantitative estimate of drug-likeness (QED) is 0.852. The maximum Gasteiger partial charge on any atom is 0.242 e. The maximum atomic E-state index is 12.1. The van der Waals surface area contributed by atoms with Gasteiger partial charge in [-0.1, -0.05) is 6.92 Å². The molecule has 0 aliphatic carbocycles. The molecule has 0 bridgehead atoms. The van der Waals surface area contributed by atoms with E-state index in [0.717, 1.165) is 24.3 Å².